The molecular formula is C37H33F2N5O4S. The fourth-order valence-electron chi connectivity index (χ4n) is 6.30. The molecule has 1 saturated carbocycles. The van der Waals surface area contributed by atoms with E-state index in [4.69, 9.17) is 4.74 Å². The zero-order valence-electron chi connectivity index (χ0n) is 26.6. The highest BCUT2D eigenvalue weighted by atomic mass is 32.2. The molecule has 1 saturated heterocycles. The molecule has 49 heavy (non-hydrogen) atoms. The molecule has 2 aliphatic rings. The number of hydrogen-bond donors (Lipinski definition) is 0. The quantitative estimate of drug-likeness (QED) is 0.182. The third kappa shape index (κ3) is 7.16. The molecule has 1 aliphatic carbocycles. The lowest BCUT2D eigenvalue weighted by Crippen LogP contribution is -2.59. The summed E-state index contributed by atoms with van der Waals surface area (Å²) in [6, 6.07) is 21.6. The van der Waals surface area contributed by atoms with E-state index in [1.54, 1.807) is 12.1 Å². The number of benzene rings is 3. The summed E-state index contributed by atoms with van der Waals surface area (Å²) in [7, 11) is -4.49. The van der Waals surface area contributed by atoms with Crippen molar-refractivity contribution in [1.29, 1.82) is 10.5 Å². The van der Waals surface area contributed by atoms with Crippen LogP contribution in [-0.2, 0) is 28.0 Å². The molecule has 0 radical (unpaired) electrons. The summed E-state index contributed by atoms with van der Waals surface area (Å²) in [6.07, 6.45) is 7.77. The summed E-state index contributed by atoms with van der Waals surface area (Å²) in [5, 5.41) is 19.0. The molecule has 1 aliphatic heterocycles. The summed E-state index contributed by atoms with van der Waals surface area (Å²) in [5.74, 6) is -2.83. The van der Waals surface area contributed by atoms with Gasteiger partial charge in [0.2, 0.25) is 15.9 Å². The van der Waals surface area contributed by atoms with Crippen LogP contribution in [0.2, 0.25) is 0 Å². The summed E-state index contributed by atoms with van der Waals surface area (Å²) in [4.78, 5) is 19.8. The van der Waals surface area contributed by atoms with Crippen LogP contribution >= 0.6 is 0 Å². The molecule has 0 spiro atoms. The van der Waals surface area contributed by atoms with Crippen LogP contribution in [0.4, 0.5) is 14.5 Å². The molecule has 1 atom stereocenters. The number of nitriles is 2. The van der Waals surface area contributed by atoms with Gasteiger partial charge in [0.05, 0.1) is 28.3 Å². The van der Waals surface area contributed by atoms with Crippen LogP contribution < -0.4 is 9.64 Å². The van der Waals surface area contributed by atoms with Gasteiger partial charge >= 0.3 is 0 Å². The van der Waals surface area contributed by atoms with Crippen LogP contribution in [0.5, 0.6) is 5.75 Å². The van der Waals surface area contributed by atoms with Crippen molar-refractivity contribution >= 4 is 21.6 Å². The van der Waals surface area contributed by atoms with Crippen LogP contribution in [-0.4, -0.2) is 36.2 Å². The number of nitrogens with zero attached hydrogens (tertiary/aromatic N) is 5. The van der Waals surface area contributed by atoms with Gasteiger partial charge in [-0.15, -0.1) is 0 Å². The minimum absolute atomic E-state index is 0.0120. The molecule has 0 unspecified atom stereocenters. The Hall–Kier alpha value is -5.17. The van der Waals surface area contributed by atoms with Crippen molar-refractivity contribution in [2.24, 2.45) is 0 Å². The molecule has 0 N–H and O–H groups in total. The van der Waals surface area contributed by atoms with Crippen molar-refractivity contribution in [3.63, 3.8) is 0 Å². The van der Waals surface area contributed by atoms with Crippen molar-refractivity contribution in [3.8, 4) is 17.9 Å². The van der Waals surface area contributed by atoms with Gasteiger partial charge in [0.15, 0.2) is 11.6 Å². The fourth-order valence-corrected chi connectivity index (χ4v) is 7.97. The maximum Gasteiger partial charge on any atom is 0.245 e. The van der Waals surface area contributed by atoms with E-state index in [1.807, 2.05) is 48.7 Å². The molecule has 1 aromatic heterocycles. The number of carbonyl (C=O) groups excluding carboxylic acids is 1. The predicted molar refractivity (Wildman–Crippen MR) is 177 cm³/mol. The highest BCUT2D eigenvalue weighted by Gasteiger charge is 2.45. The second-order valence-electron chi connectivity index (χ2n) is 12.2. The third-order valence-corrected chi connectivity index (χ3v) is 11.0. The SMILES string of the molecule is N#Cc1ccc(N(Cc2ccc(C3CCCCC3)cn2)C(=O)[C@H]2CCN2S(=O)(=O)c2cc(F)c(F)c(C#N)c2)cc1OCc1ccccc1. The van der Waals surface area contributed by atoms with E-state index in [1.165, 1.54) is 36.3 Å². The van der Waals surface area contributed by atoms with E-state index in [-0.39, 0.29) is 37.4 Å². The maximum atomic E-state index is 14.3. The highest BCUT2D eigenvalue weighted by Crippen LogP contribution is 2.35. The lowest BCUT2D eigenvalue weighted by molar-refractivity contribution is -0.125. The summed E-state index contributed by atoms with van der Waals surface area (Å²) in [6.45, 7) is 0.118. The number of aromatic nitrogens is 1. The summed E-state index contributed by atoms with van der Waals surface area (Å²) >= 11 is 0. The van der Waals surface area contributed by atoms with E-state index in [9.17, 15) is 32.5 Å². The van der Waals surface area contributed by atoms with Crippen molar-refractivity contribution in [2.75, 3.05) is 11.4 Å². The van der Waals surface area contributed by atoms with Gasteiger partial charge in [-0.25, -0.2) is 17.2 Å². The maximum absolute atomic E-state index is 14.3. The number of halogens is 2. The molecule has 0 bridgehead atoms. The van der Waals surface area contributed by atoms with Gasteiger partial charge in [0.25, 0.3) is 0 Å². The van der Waals surface area contributed by atoms with Crippen molar-refractivity contribution in [2.45, 2.75) is 68.5 Å². The van der Waals surface area contributed by atoms with E-state index >= 15 is 0 Å². The monoisotopic (exact) mass is 681 g/mol. The van der Waals surface area contributed by atoms with Crippen molar-refractivity contribution < 1.29 is 26.7 Å². The first-order valence-corrected chi connectivity index (χ1v) is 17.5. The number of hydrogen-bond acceptors (Lipinski definition) is 7. The van der Waals surface area contributed by atoms with Gasteiger partial charge < -0.3 is 9.64 Å². The van der Waals surface area contributed by atoms with E-state index < -0.39 is 44.1 Å². The normalized spacial score (nSPS) is 16.6. The Labute approximate surface area is 284 Å². The van der Waals surface area contributed by atoms with Crippen molar-refractivity contribution in [1.82, 2.24) is 9.29 Å². The first kappa shape index (κ1) is 33.7. The minimum atomic E-state index is -4.49. The Kier molecular flexibility index (Phi) is 10.00. The number of ether oxygens (including phenoxy) is 1. The van der Waals surface area contributed by atoms with E-state index in [0.29, 0.717) is 23.4 Å². The Balaban J connectivity index is 1.32. The topological polar surface area (TPSA) is 127 Å². The zero-order chi connectivity index (χ0) is 34.5. The minimum Gasteiger partial charge on any atom is -0.487 e. The van der Waals surface area contributed by atoms with E-state index in [2.05, 4.69) is 11.1 Å². The fraction of sp³-hybridized carbons (Fsp3) is 0.297. The Morgan fingerprint density at radius 3 is 2.35 bits per heavy atom. The van der Waals surface area contributed by atoms with Gasteiger partial charge in [-0.1, -0.05) is 55.7 Å². The molecule has 9 nitrogen and oxygen atoms in total. The zero-order valence-corrected chi connectivity index (χ0v) is 27.4. The lowest BCUT2D eigenvalue weighted by Gasteiger charge is -2.41. The first-order valence-electron chi connectivity index (χ1n) is 16.1. The molecule has 2 fully saturated rings. The van der Waals surface area contributed by atoms with Crippen LogP contribution in [0.15, 0.2) is 83.9 Å². The van der Waals surface area contributed by atoms with Crippen LogP contribution in [0, 0.1) is 34.3 Å². The van der Waals surface area contributed by atoms with Gasteiger partial charge in [0, 0.05) is 24.5 Å². The largest absolute Gasteiger partial charge is 0.487 e. The Morgan fingerprint density at radius 2 is 1.69 bits per heavy atom. The smallest absolute Gasteiger partial charge is 0.245 e. The number of rotatable bonds is 10. The number of pyridine rings is 1. The Bertz CT molecular complexity index is 2040. The highest BCUT2D eigenvalue weighted by molar-refractivity contribution is 7.89. The average molecular weight is 682 g/mol. The van der Waals surface area contributed by atoms with E-state index in [0.717, 1.165) is 34.3 Å². The molecule has 1 amide bonds. The first-order chi connectivity index (χ1) is 23.7. The number of carbonyl (C=O) groups is 1. The molecular weight excluding hydrogens is 649 g/mol. The summed E-state index contributed by atoms with van der Waals surface area (Å²) < 4.78 is 62.5. The third-order valence-electron chi connectivity index (χ3n) is 9.13. The number of sulfonamides is 1. The molecule has 3 aromatic carbocycles. The molecule has 6 rings (SSSR count). The number of amides is 1. The molecule has 4 aromatic rings. The standard InChI is InChI=1S/C37H33F2N5O4S/c38-33-19-32(17-29(21-41)36(33)39)49(46,47)44-16-15-34(44)37(45)43(23-30-13-11-28(22-42-30)26-9-5-2-6-10-26)31-14-12-27(20-40)35(18-31)48-24-25-7-3-1-4-8-25/h1,3-4,7-8,11-14,17-19,22,26,34H,2,5-6,9-10,15-16,23-24H2/t34-/m1/s1. The van der Waals surface area contributed by atoms with Gasteiger partial charge in [-0.05, 0) is 66.6 Å². The second kappa shape index (κ2) is 14.5. The summed E-state index contributed by atoms with van der Waals surface area (Å²) in [5.41, 5.74) is 2.43. The average Bonchev–Trinajstić information content (AvgIpc) is 3.11. The van der Waals surface area contributed by atoms with Crippen LogP contribution in [0.1, 0.15) is 72.4 Å². The van der Waals surface area contributed by atoms with Gasteiger partial charge in [0.1, 0.15) is 30.5 Å². The molecule has 2 heterocycles. The van der Waals surface area contributed by atoms with Gasteiger partial charge in [-0.3, -0.25) is 9.78 Å². The number of anilines is 1. The lowest BCUT2D eigenvalue weighted by atomic mass is 9.85. The van der Waals surface area contributed by atoms with Crippen LogP contribution in [0.25, 0.3) is 0 Å². The van der Waals surface area contributed by atoms with Gasteiger partial charge in [-0.2, -0.15) is 14.8 Å². The molecule has 12 heteroatoms. The predicted octanol–water partition coefficient (Wildman–Crippen LogP) is 6.73. The second-order valence-corrected chi connectivity index (χ2v) is 14.1. The van der Waals surface area contributed by atoms with Crippen LogP contribution in [0.3, 0.4) is 0 Å². The Morgan fingerprint density at radius 1 is 0.939 bits per heavy atom. The van der Waals surface area contributed by atoms with Crippen molar-refractivity contribution in [3.05, 3.63) is 119 Å². The molecule has 250 valence electrons.